The number of carbonyl (C=O) groups is 1. The summed E-state index contributed by atoms with van der Waals surface area (Å²) in [6.45, 7) is 6.61. The Balaban J connectivity index is 0.00000312. The average Bonchev–Trinajstić information content (AvgIpc) is 2.61. The van der Waals surface area contributed by atoms with Gasteiger partial charge in [0.25, 0.3) is 0 Å². The van der Waals surface area contributed by atoms with Gasteiger partial charge in [-0.2, -0.15) is 0 Å². The fourth-order valence-corrected chi connectivity index (χ4v) is 3.51. The van der Waals surface area contributed by atoms with Crippen molar-refractivity contribution in [1.82, 2.24) is 9.80 Å². The molecule has 0 aromatic heterocycles. The van der Waals surface area contributed by atoms with Gasteiger partial charge >= 0.3 is 0 Å². The number of nitrogens with two attached hydrogens (primary N) is 1. The lowest BCUT2D eigenvalue weighted by Crippen LogP contribution is -2.49. The topological polar surface area (TPSA) is 49.6 Å². The van der Waals surface area contributed by atoms with Crippen molar-refractivity contribution in [2.75, 3.05) is 32.7 Å². The summed E-state index contributed by atoms with van der Waals surface area (Å²) in [4.78, 5) is 16.8. The van der Waals surface area contributed by atoms with Crippen LogP contribution in [0.5, 0.6) is 0 Å². The van der Waals surface area contributed by atoms with Crippen LogP contribution in [0.2, 0.25) is 0 Å². The Morgan fingerprint density at radius 3 is 2.19 bits per heavy atom. The number of halogens is 3. The largest absolute Gasteiger partial charge is 0.340 e. The molecule has 0 radical (unpaired) electrons. The van der Waals surface area contributed by atoms with Gasteiger partial charge in [0.2, 0.25) is 5.91 Å². The molecule has 4 nitrogen and oxygen atoms in total. The van der Waals surface area contributed by atoms with Crippen molar-refractivity contribution < 1.29 is 4.79 Å². The molecule has 1 amide bonds. The zero-order valence-electron chi connectivity index (χ0n) is 15.5. The van der Waals surface area contributed by atoms with E-state index in [-0.39, 0.29) is 24.8 Å². The Morgan fingerprint density at radius 1 is 1.04 bits per heavy atom. The number of hydrogen-bond acceptors (Lipinski definition) is 3. The SMILES string of the molecule is CC(c1ccc(Br)cc1)N1CCN(C(=O)CCCCCCN)CC1.Cl.Cl. The summed E-state index contributed by atoms with van der Waals surface area (Å²) in [7, 11) is 0. The summed E-state index contributed by atoms with van der Waals surface area (Å²) < 4.78 is 1.11. The van der Waals surface area contributed by atoms with Crippen molar-refractivity contribution in [2.24, 2.45) is 5.73 Å². The first-order chi connectivity index (χ1) is 11.6. The fraction of sp³-hybridized carbons (Fsp3) is 0.632. The van der Waals surface area contributed by atoms with E-state index in [4.69, 9.17) is 5.73 Å². The molecule has 0 bridgehead atoms. The van der Waals surface area contributed by atoms with Crippen LogP contribution in [-0.2, 0) is 4.79 Å². The maximum absolute atomic E-state index is 12.3. The van der Waals surface area contributed by atoms with Crippen molar-refractivity contribution in [1.29, 1.82) is 0 Å². The van der Waals surface area contributed by atoms with Gasteiger partial charge in [0, 0.05) is 43.1 Å². The maximum Gasteiger partial charge on any atom is 0.222 e. The zero-order chi connectivity index (χ0) is 17.4. The predicted octanol–water partition coefficient (Wildman–Crippen LogP) is 4.41. The van der Waals surface area contributed by atoms with E-state index >= 15 is 0 Å². The van der Waals surface area contributed by atoms with E-state index in [1.165, 1.54) is 5.56 Å². The van der Waals surface area contributed by atoms with Gasteiger partial charge in [-0.15, -0.1) is 24.8 Å². The fourth-order valence-electron chi connectivity index (χ4n) is 3.24. The quantitative estimate of drug-likeness (QED) is 0.575. The van der Waals surface area contributed by atoms with Crippen LogP contribution < -0.4 is 5.73 Å². The summed E-state index contributed by atoms with van der Waals surface area (Å²) in [6, 6.07) is 8.93. The van der Waals surface area contributed by atoms with Gasteiger partial charge in [0.15, 0.2) is 0 Å². The standard InChI is InChI=1S/C19H30BrN3O.2ClH/c1-16(17-7-9-18(20)10-8-17)22-12-14-23(15-13-22)19(24)6-4-2-3-5-11-21;;/h7-10,16H,2-6,11-15,21H2,1H3;2*1H. The average molecular weight is 469 g/mol. The minimum atomic E-state index is 0. The molecule has 150 valence electrons. The second-order valence-electron chi connectivity index (χ2n) is 6.60. The molecular weight excluding hydrogens is 437 g/mol. The van der Waals surface area contributed by atoms with Crippen LogP contribution in [-0.4, -0.2) is 48.4 Å². The molecule has 2 rings (SSSR count). The number of carbonyl (C=O) groups excluding carboxylic acids is 1. The summed E-state index contributed by atoms with van der Waals surface area (Å²) in [6.07, 6.45) is 5.01. The first kappa shape index (κ1) is 25.7. The first-order valence-electron chi connectivity index (χ1n) is 9.09. The number of benzene rings is 1. The van der Waals surface area contributed by atoms with Crippen LogP contribution in [0.1, 0.15) is 50.6 Å². The molecule has 0 aliphatic carbocycles. The summed E-state index contributed by atoms with van der Waals surface area (Å²) in [5.41, 5.74) is 6.82. The lowest BCUT2D eigenvalue weighted by atomic mass is 10.1. The normalized spacial score (nSPS) is 15.7. The molecule has 0 saturated carbocycles. The van der Waals surface area contributed by atoms with E-state index in [2.05, 4.69) is 52.0 Å². The second kappa shape index (κ2) is 13.8. The van der Waals surface area contributed by atoms with Gasteiger partial charge in [-0.05, 0) is 44.0 Å². The van der Waals surface area contributed by atoms with Gasteiger partial charge in [-0.25, -0.2) is 0 Å². The summed E-state index contributed by atoms with van der Waals surface area (Å²) >= 11 is 3.48. The monoisotopic (exact) mass is 467 g/mol. The summed E-state index contributed by atoms with van der Waals surface area (Å²) in [5.74, 6) is 0.318. The molecular formula is C19H32BrCl2N3O. The number of nitrogens with zero attached hydrogens (tertiary/aromatic N) is 2. The first-order valence-corrected chi connectivity index (χ1v) is 9.88. The second-order valence-corrected chi connectivity index (χ2v) is 7.51. The highest BCUT2D eigenvalue weighted by atomic mass is 79.9. The van der Waals surface area contributed by atoms with E-state index in [0.29, 0.717) is 18.4 Å². The van der Waals surface area contributed by atoms with Crippen molar-refractivity contribution in [3.8, 4) is 0 Å². The molecule has 1 heterocycles. The smallest absolute Gasteiger partial charge is 0.222 e. The molecule has 1 aromatic rings. The Kier molecular flexibility index (Phi) is 13.6. The number of rotatable bonds is 8. The summed E-state index contributed by atoms with van der Waals surface area (Å²) in [5, 5.41) is 0. The lowest BCUT2D eigenvalue weighted by molar-refractivity contribution is -0.133. The van der Waals surface area contributed by atoms with E-state index in [1.54, 1.807) is 0 Å². The van der Waals surface area contributed by atoms with Crippen molar-refractivity contribution in [2.45, 2.75) is 45.1 Å². The molecule has 26 heavy (non-hydrogen) atoms. The Labute approximate surface area is 178 Å². The van der Waals surface area contributed by atoms with Gasteiger partial charge in [-0.1, -0.05) is 40.9 Å². The van der Waals surface area contributed by atoms with E-state index in [1.807, 2.05) is 4.90 Å². The number of hydrogen-bond donors (Lipinski definition) is 1. The molecule has 1 saturated heterocycles. The third kappa shape index (κ3) is 8.13. The Bertz CT molecular complexity index is 508. The van der Waals surface area contributed by atoms with Crippen molar-refractivity contribution in [3.63, 3.8) is 0 Å². The minimum absolute atomic E-state index is 0. The van der Waals surface area contributed by atoms with E-state index in [9.17, 15) is 4.79 Å². The molecule has 1 aromatic carbocycles. The van der Waals surface area contributed by atoms with Crippen LogP contribution in [0.4, 0.5) is 0 Å². The van der Waals surface area contributed by atoms with Crippen LogP contribution in [0, 0.1) is 0 Å². The minimum Gasteiger partial charge on any atom is -0.340 e. The highest BCUT2D eigenvalue weighted by Gasteiger charge is 2.24. The van der Waals surface area contributed by atoms with Crippen LogP contribution in [0.3, 0.4) is 0 Å². The predicted molar refractivity (Wildman–Crippen MR) is 117 cm³/mol. The Hall–Kier alpha value is -0.330. The molecule has 2 N–H and O–H groups in total. The van der Waals surface area contributed by atoms with Gasteiger partial charge in [0.1, 0.15) is 0 Å². The van der Waals surface area contributed by atoms with Gasteiger partial charge in [-0.3, -0.25) is 9.69 Å². The maximum atomic E-state index is 12.3. The third-order valence-corrected chi connectivity index (χ3v) is 5.44. The van der Waals surface area contributed by atoms with Crippen molar-refractivity contribution in [3.05, 3.63) is 34.3 Å². The van der Waals surface area contributed by atoms with Gasteiger partial charge < -0.3 is 10.6 Å². The number of unbranched alkanes of at least 4 members (excludes halogenated alkanes) is 3. The van der Waals surface area contributed by atoms with Gasteiger partial charge in [0.05, 0.1) is 0 Å². The van der Waals surface area contributed by atoms with Crippen molar-refractivity contribution >= 4 is 46.7 Å². The third-order valence-electron chi connectivity index (χ3n) is 4.91. The molecule has 0 spiro atoms. The number of piperazine rings is 1. The molecule has 1 unspecified atom stereocenters. The molecule has 7 heteroatoms. The van der Waals surface area contributed by atoms with Crippen LogP contribution >= 0.6 is 40.7 Å². The van der Waals surface area contributed by atoms with Crippen LogP contribution in [0.15, 0.2) is 28.7 Å². The zero-order valence-corrected chi connectivity index (χ0v) is 18.8. The van der Waals surface area contributed by atoms with E-state index in [0.717, 1.165) is 62.9 Å². The number of amides is 1. The highest BCUT2D eigenvalue weighted by molar-refractivity contribution is 9.10. The van der Waals surface area contributed by atoms with Crippen LogP contribution in [0.25, 0.3) is 0 Å². The lowest BCUT2D eigenvalue weighted by Gasteiger charge is -2.38. The van der Waals surface area contributed by atoms with E-state index < -0.39 is 0 Å². The highest BCUT2D eigenvalue weighted by Crippen LogP contribution is 2.23. The molecule has 1 atom stereocenters. The molecule has 1 aliphatic heterocycles. The molecule has 1 fully saturated rings. The Morgan fingerprint density at radius 2 is 1.62 bits per heavy atom. The molecule has 1 aliphatic rings.